The van der Waals surface area contributed by atoms with Crippen LogP contribution in [0.4, 0.5) is 5.82 Å². The molecule has 8 heteroatoms. The summed E-state index contributed by atoms with van der Waals surface area (Å²) in [5.41, 5.74) is 2.86. The second-order valence-corrected chi connectivity index (χ2v) is 9.98. The van der Waals surface area contributed by atoms with E-state index in [0.717, 1.165) is 61.5 Å². The maximum absolute atomic E-state index is 13.8. The molecule has 3 aliphatic rings. The number of aromatic nitrogens is 2. The zero-order valence-corrected chi connectivity index (χ0v) is 19.8. The molecule has 0 bridgehead atoms. The predicted molar refractivity (Wildman–Crippen MR) is 129 cm³/mol. The number of hydrogen-bond donors (Lipinski definition) is 2. The van der Waals surface area contributed by atoms with Crippen molar-refractivity contribution in [2.24, 2.45) is 0 Å². The smallest absolute Gasteiger partial charge is 0.231 e. The number of carbonyl (C=O) groups excluding carboxylic acids is 1. The Morgan fingerprint density at radius 1 is 1.15 bits per heavy atom. The van der Waals surface area contributed by atoms with Crippen LogP contribution in [0.15, 0.2) is 30.6 Å². The number of rotatable bonds is 4. The van der Waals surface area contributed by atoms with Crippen LogP contribution in [0.25, 0.3) is 0 Å². The molecule has 4 atom stereocenters. The lowest BCUT2D eigenvalue weighted by molar-refractivity contribution is -0.134. The summed E-state index contributed by atoms with van der Waals surface area (Å²) < 4.78 is 0. The van der Waals surface area contributed by atoms with Crippen LogP contribution < -0.4 is 10.2 Å². The standard InChI is InChI=1S/C25H32ClN5O2/c1-16-14-20(32)23-21(16)24(29-15-28-23)30-10-12-31(13-11-30)25(33)22(19-4-2-3-9-27-19)17-5-7-18(26)8-6-17/h5-8,15-16,19-20,22,27,32H,2-4,9-14H2,1H3/t16-,19+,20+,22+/m1/s1. The molecule has 2 aromatic rings. The van der Waals surface area contributed by atoms with Gasteiger partial charge >= 0.3 is 0 Å². The Bertz CT molecular complexity index is 987. The van der Waals surface area contributed by atoms with E-state index in [1.165, 1.54) is 0 Å². The van der Waals surface area contributed by atoms with E-state index < -0.39 is 6.10 Å². The maximum atomic E-state index is 13.8. The minimum Gasteiger partial charge on any atom is -0.387 e. The van der Waals surface area contributed by atoms with Crippen molar-refractivity contribution in [1.29, 1.82) is 0 Å². The van der Waals surface area contributed by atoms with Crippen LogP contribution in [-0.2, 0) is 4.79 Å². The van der Waals surface area contributed by atoms with Crippen LogP contribution in [0.1, 0.15) is 67.4 Å². The average Bonchev–Trinajstić information content (AvgIpc) is 3.15. The van der Waals surface area contributed by atoms with Crippen molar-refractivity contribution in [2.45, 2.75) is 56.6 Å². The van der Waals surface area contributed by atoms with E-state index >= 15 is 0 Å². The topological polar surface area (TPSA) is 81.6 Å². The summed E-state index contributed by atoms with van der Waals surface area (Å²) in [4.78, 5) is 26.9. The quantitative estimate of drug-likeness (QED) is 0.715. The SMILES string of the molecule is C[C@@H]1C[C@H](O)c2ncnc(N3CCN(C(=O)[C@@H](c4ccc(Cl)cc4)[C@@H]4CCCCN4)CC3)c21. The summed E-state index contributed by atoms with van der Waals surface area (Å²) in [5.74, 6) is 1.14. The van der Waals surface area contributed by atoms with Gasteiger partial charge in [-0.05, 0) is 49.4 Å². The Morgan fingerprint density at radius 3 is 2.61 bits per heavy atom. The Kier molecular flexibility index (Phi) is 6.54. The Labute approximate surface area is 200 Å². The van der Waals surface area contributed by atoms with Gasteiger partial charge in [-0.15, -0.1) is 0 Å². The highest BCUT2D eigenvalue weighted by Crippen LogP contribution is 2.42. The molecule has 1 amide bonds. The first-order valence-corrected chi connectivity index (χ1v) is 12.5. The summed E-state index contributed by atoms with van der Waals surface area (Å²) in [6.07, 6.45) is 5.04. The normalized spacial score (nSPS) is 26.2. The number of amides is 1. The highest BCUT2D eigenvalue weighted by Gasteiger charge is 2.37. The molecule has 2 aliphatic heterocycles. The van der Waals surface area contributed by atoms with E-state index in [0.29, 0.717) is 24.5 Å². The van der Waals surface area contributed by atoms with Crippen LogP contribution in [0.2, 0.25) is 5.02 Å². The fraction of sp³-hybridized carbons (Fsp3) is 0.560. The second kappa shape index (κ2) is 9.57. The number of nitrogens with zero attached hydrogens (tertiary/aromatic N) is 4. The molecule has 2 fully saturated rings. The molecule has 7 nitrogen and oxygen atoms in total. The van der Waals surface area contributed by atoms with Crippen molar-refractivity contribution in [3.05, 3.63) is 52.4 Å². The molecule has 2 saturated heterocycles. The van der Waals surface area contributed by atoms with Gasteiger partial charge < -0.3 is 20.2 Å². The van der Waals surface area contributed by atoms with Crippen LogP contribution in [0, 0.1) is 0 Å². The van der Waals surface area contributed by atoms with Crippen molar-refractivity contribution in [3.8, 4) is 0 Å². The number of halogens is 1. The summed E-state index contributed by atoms with van der Waals surface area (Å²) in [7, 11) is 0. The molecule has 0 unspecified atom stereocenters. The largest absolute Gasteiger partial charge is 0.387 e. The fourth-order valence-corrected chi connectivity index (χ4v) is 5.80. The summed E-state index contributed by atoms with van der Waals surface area (Å²) in [6, 6.07) is 7.90. The molecule has 5 rings (SSSR count). The highest BCUT2D eigenvalue weighted by molar-refractivity contribution is 6.30. The van der Waals surface area contributed by atoms with Gasteiger partial charge in [0.25, 0.3) is 0 Å². The van der Waals surface area contributed by atoms with Gasteiger partial charge in [0, 0.05) is 42.8 Å². The number of hydrogen-bond acceptors (Lipinski definition) is 6. The van der Waals surface area contributed by atoms with Crippen LogP contribution in [0.5, 0.6) is 0 Å². The van der Waals surface area contributed by atoms with Crippen molar-refractivity contribution < 1.29 is 9.90 Å². The van der Waals surface area contributed by atoms with Crippen LogP contribution in [-0.4, -0.2) is 64.6 Å². The maximum Gasteiger partial charge on any atom is 0.231 e. The van der Waals surface area contributed by atoms with Gasteiger partial charge in [0.05, 0.1) is 17.7 Å². The molecule has 0 saturated carbocycles. The van der Waals surface area contributed by atoms with E-state index in [1.807, 2.05) is 29.2 Å². The molecule has 0 spiro atoms. The monoisotopic (exact) mass is 469 g/mol. The number of benzene rings is 1. The number of aliphatic hydroxyl groups is 1. The molecular weight excluding hydrogens is 438 g/mol. The first-order chi connectivity index (χ1) is 16.0. The van der Waals surface area contributed by atoms with Crippen molar-refractivity contribution >= 4 is 23.3 Å². The van der Waals surface area contributed by atoms with Gasteiger partial charge in [-0.2, -0.15) is 0 Å². The van der Waals surface area contributed by atoms with Gasteiger partial charge in [-0.3, -0.25) is 4.79 Å². The number of carbonyl (C=O) groups is 1. The molecule has 3 heterocycles. The lowest BCUT2D eigenvalue weighted by Gasteiger charge is -2.40. The van der Waals surface area contributed by atoms with Crippen molar-refractivity contribution in [1.82, 2.24) is 20.2 Å². The Hall–Kier alpha value is -2.22. The van der Waals surface area contributed by atoms with Gasteiger partial charge in [0.1, 0.15) is 12.1 Å². The third-order valence-electron chi connectivity index (χ3n) is 7.42. The molecular formula is C25H32ClN5O2. The predicted octanol–water partition coefficient (Wildman–Crippen LogP) is 3.25. The van der Waals surface area contributed by atoms with Crippen LogP contribution >= 0.6 is 11.6 Å². The van der Waals surface area contributed by atoms with E-state index in [4.69, 9.17) is 11.6 Å². The molecule has 2 N–H and O–H groups in total. The molecule has 33 heavy (non-hydrogen) atoms. The number of anilines is 1. The van der Waals surface area contributed by atoms with E-state index in [1.54, 1.807) is 6.33 Å². The fourth-order valence-electron chi connectivity index (χ4n) is 5.67. The lowest BCUT2D eigenvalue weighted by atomic mass is 9.85. The summed E-state index contributed by atoms with van der Waals surface area (Å²) in [6.45, 7) is 5.85. The molecule has 0 radical (unpaired) electrons. The van der Waals surface area contributed by atoms with E-state index in [2.05, 4.69) is 27.1 Å². The number of nitrogens with one attached hydrogen (secondary N) is 1. The van der Waals surface area contributed by atoms with E-state index in [9.17, 15) is 9.90 Å². The van der Waals surface area contributed by atoms with Gasteiger partial charge in [-0.1, -0.05) is 37.1 Å². The highest BCUT2D eigenvalue weighted by atomic mass is 35.5. The summed E-state index contributed by atoms with van der Waals surface area (Å²) >= 11 is 6.12. The first-order valence-electron chi connectivity index (χ1n) is 12.1. The third kappa shape index (κ3) is 4.46. The first kappa shape index (κ1) is 22.6. The number of piperazine rings is 1. The lowest BCUT2D eigenvalue weighted by Crippen LogP contribution is -2.53. The minimum atomic E-state index is -0.511. The van der Waals surface area contributed by atoms with Crippen molar-refractivity contribution in [3.63, 3.8) is 0 Å². The third-order valence-corrected chi connectivity index (χ3v) is 7.67. The van der Waals surface area contributed by atoms with E-state index in [-0.39, 0.29) is 23.8 Å². The number of fused-ring (bicyclic) bond motifs is 1. The molecule has 1 aliphatic carbocycles. The number of piperidine rings is 1. The zero-order chi connectivity index (χ0) is 22.9. The van der Waals surface area contributed by atoms with Crippen LogP contribution in [0.3, 0.4) is 0 Å². The second-order valence-electron chi connectivity index (χ2n) is 9.55. The molecule has 1 aromatic carbocycles. The Morgan fingerprint density at radius 2 is 1.91 bits per heavy atom. The average molecular weight is 470 g/mol. The van der Waals surface area contributed by atoms with Gasteiger partial charge in [-0.25, -0.2) is 9.97 Å². The molecule has 176 valence electrons. The van der Waals surface area contributed by atoms with Gasteiger partial charge in [0.15, 0.2) is 0 Å². The summed E-state index contributed by atoms with van der Waals surface area (Å²) in [5, 5.41) is 14.6. The van der Waals surface area contributed by atoms with Gasteiger partial charge in [0.2, 0.25) is 5.91 Å². The molecule has 1 aromatic heterocycles. The Balaban J connectivity index is 1.32. The minimum absolute atomic E-state index is 0.151. The zero-order valence-electron chi connectivity index (χ0n) is 19.1. The van der Waals surface area contributed by atoms with Crippen molar-refractivity contribution in [2.75, 3.05) is 37.6 Å². The number of aliphatic hydroxyl groups excluding tert-OH is 1.